The molecule has 2 amide bonds. The number of halogens is 1. The number of hydrogen-bond donors (Lipinski definition) is 2. The molecule has 0 aromatic heterocycles. The molecule has 1 aliphatic rings. The Morgan fingerprint density at radius 2 is 2.41 bits per heavy atom. The normalized spacial score (nSPS) is 19.5. The maximum Gasteiger partial charge on any atom is 0.322 e. The lowest BCUT2D eigenvalue weighted by Gasteiger charge is -2.14. The summed E-state index contributed by atoms with van der Waals surface area (Å²) in [5.41, 5.74) is 0.849. The highest BCUT2D eigenvalue weighted by molar-refractivity contribution is 6.30. The van der Waals surface area contributed by atoms with Gasteiger partial charge in [-0.15, -0.1) is 0 Å². The van der Waals surface area contributed by atoms with Crippen LogP contribution in [-0.2, 0) is 0 Å². The van der Waals surface area contributed by atoms with E-state index in [0.717, 1.165) is 18.7 Å². The molecule has 5 heteroatoms. The van der Waals surface area contributed by atoms with Crippen molar-refractivity contribution in [3.05, 3.63) is 29.3 Å². The number of urea groups is 1. The van der Waals surface area contributed by atoms with E-state index in [1.807, 2.05) is 25.2 Å². The van der Waals surface area contributed by atoms with Crippen LogP contribution >= 0.6 is 11.6 Å². The van der Waals surface area contributed by atoms with E-state index in [9.17, 15) is 4.79 Å². The molecule has 92 valence electrons. The van der Waals surface area contributed by atoms with Crippen molar-refractivity contribution in [3.63, 3.8) is 0 Å². The predicted octanol–water partition coefficient (Wildman–Crippen LogP) is 1.85. The van der Waals surface area contributed by atoms with E-state index in [2.05, 4.69) is 10.6 Å². The van der Waals surface area contributed by atoms with Gasteiger partial charge in [-0.2, -0.15) is 0 Å². The molecule has 2 rings (SSSR count). The predicted molar refractivity (Wildman–Crippen MR) is 69.7 cm³/mol. The van der Waals surface area contributed by atoms with Crippen molar-refractivity contribution < 1.29 is 4.79 Å². The third kappa shape index (κ3) is 2.90. The van der Waals surface area contributed by atoms with E-state index in [1.165, 1.54) is 0 Å². The van der Waals surface area contributed by atoms with Gasteiger partial charge in [0, 0.05) is 23.3 Å². The Hall–Kier alpha value is -1.26. The quantitative estimate of drug-likeness (QED) is 0.860. The number of carbonyl (C=O) groups excluding carboxylic acids is 1. The summed E-state index contributed by atoms with van der Waals surface area (Å²) in [6.45, 7) is 1.59. The van der Waals surface area contributed by atoms with Crippen molar-refractivity contribution in [1.29, 1.82) is 0 Å². The number of anilines is 1. The van der Waals surface area contributed by atoms with Crippen LogP contribution in [0, 0.1) is 0 Å². The van der Waals surface area contributed by atoms with Crippen molar-refractivity contribution >= 4 is 23.3 Å². The van der Waals surface area contributed by atoms with Crippen molar-refractivity contribution in [2.45, 2.75) is 12.5 Å². The first-order valence-electron chi connectivity index (χ1n) is 5.69. The van der Waals surface area contributed by atoms with Crippen LogP contribution in [0.4, 0.5) is 10.5 Å². The lowest BCUT2D eigenvalue weighted by atomic mass is 10.2. The van der Waals surface area contributed by atoms with Gasteiger partial charge in [-0.3, -0.25) is 4.90 Å². The largest absolute Gasteiger partial charge is 0.333 e. The lowest BCUT2D eigenvalue weighted by Crippen LogP contribution is -2.29. The minimum absolute atomic E-state index is 0.0478. The van der Waals surface area contributed by atoms with Crippen LogP contribution in [-0.4, -0.2) is 32.2 Å². The number of carbonyl (C=O) groups is 1. The molecule has 0 spiro atoms. The summed E-state index contributed by atoms with van der Waals surface area (Å²) in [4.78, 5) is 13.5. The van der Waals surface area contributed by atoms with Gasteiger partial charge in [-0.25, -0.2) is 4.79 Å². The first kappa shape index (κ1) is 12.2. The van der Waals surface area contributed by atoms with Crippen molar-refractivity contribution in [2.24, 2.45) is 0 Å². The average Bonchev–Trinajstić information content (AvgIpc) is 2.68. The average molecular weight is 254 g/mol. The van der Waals surface area contributed by atoms with Crippen LogP contribution in [0.2, 0.25) is 5.02 Å². The van der Waals surface area contributed by atoms with Gasteiger partial charge in [0.25, 0.3) is 0 Å². The van der Waals surface area contributed by atoms with Crippen LogP contribution in [0.25, 0.3) is 0 Å². The second-order valence-corrected chi connectivity index (χ2v) is 4.57. The highest BCUT2D eigenvalue weighted by Gasteiger charge is 2.29. The second-order valence-electron chi connectivity index (χ2n) is 4.13. The van der Waals surface area contributed by atoms with E-state index in [1.54, 1.807) is 11.0 Å². The van der Waals surface area contributed by atoms with Gasteiger partial charge >= 0.3 is 6.03 Å². The number of amides is 2. The van der Waals surface area contributed by atoms with Gasteiger partial charge in [0.05, 0.1) is 0 Å². The molecular weight excluding hydrogens is 238 g/mol. The van der Waals surface area contributed by atoms with Crippen LogP contribution in [0.1, 0.15) is 6.42 Å². The lowest BCUT2D eigenvalue weighted by molar-refractivity contribution is 0.250. The van der Waals surface area contributed by atoms with Gasteiger partial charge < -0.3 is 10.6 Å². The Morgan fingerprint density at radius 1 is 1.59 bits per heavy atom. The third-order valence-electron chi connectivity index (χ3n) is 2.84. The van der Waals surface area contributed by atoms with E-state index in [0.29, 0.717) is 11.6 Å². The van der Waals surface area contributed by atoms with Gasteiger partial charge in [-0.1, -0.05) is 17.7 Å². The molecule has 4 nitrogen and oxygen atoms in total. The fraction of sp³-hybridized carbons (Fsp3) is 0.417. The molecular formula is C12H16ClN3O. The number of nitrogens with zero attached hydrogens (tertiary/aromatic N) is 1. The third-order valence-corrected chi connectivity index (χ3v) is 3.07. The first-order chi connectivity index (χ1) is 8.20. The molecule has 1 saturated heterocycles. The summed E-state index contributed by atoms with van der Waals surface area (Å²) < 4.78 is 0. The first-order valence-corrected chi connectivity index (χ1v) is 6.06. The van der Waals surface area contributed by atoms with E-state index in [4.69, 9.17) is 11.6 Å². The van der Waals surface area contributed by atoms with Crippen molar-refractivity contribution in [3.8, 4) is 0 Å². The Morgan fingerprint density at radius 3 is 3.12 bits per heavy atom. The SMILES string of the molecule is CNCCC1CN(c2cccc(Cl)c2)C(=O)N1. The number of benzene rings is 1. The topological polar surface area (TPSA) is 44.4 Å². The maximum absolute atomic E-state index is 11.8. The molecule has 1 aromatic rings. The van der Waals surface area contributed by atoms with Crippen molar-refractivity contribution in [2.75, 3.05) is 25.0 Å². The molecule has 1 heterocycles. The summed E-state index contributed by atoms with van der Waals surface area (Å²) in [6, 6.07) is 7.51. The Labute approximate surface area is 106 Å². The molecule has 17 heavy (non-hydrogen) atoms. The number of hydrogen-bond acceptors (Lipinski definition) is 2. The van der Waals surface area contributed by atoms with Gasteiger partial charge in [-0.05, 0) is 38.2 Å². The van der Waals surface area contributed by atoms with Gasteiger partial charge in [0.15, 0.2) is 0 Å². The highest BCUT2D eigenvalue weighted by Crippen LogP contribution is 2.22. The van der Waals surface area contributed by atoms with E-state index in [-0.39, 0.29) is 12.1 Å². The molecule has 2 N–H and O–H groups in total. The molecule has 0 radical (unpaired) electrons. The maximum atomic E-state index is 11.8. The standard InChI is InChI=1S/C12H16ClN3O/c1-14-6-5-10-8-16(12(17)15-10)11-4-2-3-9(13)7-11/h2-4,7,10,14H,5-6,8H2,1H3,(H,15,17). The zero-order valence-electron chi connectivity index (χ0n) is 9.74. The Kier molecular flexibility index (Phi) is 3.86. The minimum Gasteiger partial charge on any atom is -0.333 e. The smallest absolute Gasteiger partial charge is 0.322 e. The summed E-state index contributed by atoms with van der Waals surface area (Å²) in [7, 11) is 1.91. The molecule has 0 saturated carbocycles. The van der Waals surface area contributed by atoms with Gasteiger partial charge in [0.1, 0.15) is 0 Å². The summed E-state index contributed by atoms with van der Waals surface area (Å²) in [6.07, 6.45) is 0.930. The molecule has 0 aliphatic carbocycles. The zero-order chi connectivity index (χ0) is 12.3. The zero-order valence-corrected chi connectivity index (χ0v) is 10.5. The Bertz CT molecular complexity index is 410. The summed E-state index contributed by atoms with van der Waals surface area (Å²) >= 11 is 5.92. The van der Waals surface area contributed by atoms with Crippen LogP contribution in [0.5, 0.6) is 0 Å². The van der Waals surface area contributed by atoms with Crippen LogP contribution in [0.3, 0.4) is 0 Å². The highest BCUT2D eigenvalue weighted by atomic mass is 35.5. The second kappa shape index (κ2) is 5.38. The molecule has 1 unspecified atom stereocenters. The van der Waals surface area contributed by atoms with E-state index >= 15 is 0 Å². The molecule has 1 atom stereocenters. The van der Waals surface area contributed by atoms with Gasteiger partial charge in [0.2, 0.25) is 0 Å². The summed E-state index contributed by atoms with van der Waals surface area (Å²) in [5.74, 6) is 0. The molecule has 1 fully saturated rings. The Balaban J connectivity index is 2.05. The molecule has 1 aliphatic heterocycles. The fourth-order valence-corrected chi connectivity index (χ4v) is 2.13. The monoisotopic (exact) mass is 253 g/mol. The van der Waals surface area contributed by atoms with E-state index < -0.39 is 0 Å². The number of rotatable bonds is 4. The fourth-order valence-electron chi connectivity index (χ4n) is 1.95. The summed E-state index contributed by atoms with van der Waals surface area (Å²) in [5, 5.41) is 6.69. The van der Waals surface area contributed by atoms with Crippen molar-refractivity contribution in [1.82, 2.24) is 10.6 Å². The molecule has 1 aromatic carbocycles. The van der Waals surface area contributed by atoms with Crippen LogP contribution in [0.15, 0.2) is 24.3 Å². The number of nitrogens with one attached hydrogen (secondary N) is 2. The van der Waals surface area contributed by atoms with Crippen LogP contribution < -0.4 is 15.5 Å². The molecule has 0 bridgehead atoms. The minimum atomic E-state index is -0.0478.